The third kappa shape index (κ3) is 4.85. The van der Waals surface area contributed by atoms with Crippen molar-refractivity contribution in [2.24, 2.45) is 0 Å². The lowest BCUT2D eigenvalue weighted by Gasteiger charge is -2.07. The summed E-state index contributed by atoms with van der Waals surface area (Å²) in [6.45, 7) is -0.369. The van der Waals surface area contributed by atoms with Crippen LogP contribution in [0.2, 0.25) is 0 Å². The summed E-state index contributed by atoms with van der Waals surface area (Å²) in [5.41, 5.74) is 0. The number of rotatable bonds is 8. The van der Waals surface area contributed by atoms with Gasteiger partial charge in [-0.2, -0.15) is 0 Å². The van der Waals surface area contributed by atoms with E-state index < -0.39 is 28.5 Å². The van der Waals surface area contributed by atoms with E-state index in [9.17, 15) is 18.0 Å². The second-order valence-corrected chi connectivity index (χ2v) is 6.19. The van der Waals surface area contributed by atoms with Gasteiger partial charge in [0.2, 0.25) is 5.09 Å². The highest BCUT2D eigenvalue weighted by atomic mass is 32.2. The molecule has 0 aliphatic carbocycles. The minimum Gasteiger partial charge on any atom is -0.480 e. The summed E-state index contributed by atoms with van der Waals surface area (Å²) in [6.07, 6.45) is 0. The molecule has 0 spiro atoms. The third-order valence-electron chi connectivity index (χ3n) is 2.30. The van der Waals surface area contributed by atoms with Gasteiger partial charge in [-0.15, -0.1) is 0 Å². The molecule has 21 heavy (non-hydrogen) atoms. The SMILES string of the molecule is CN(C)S(=O)(=O)c1ccc(C(=O)NCCOCC(=O)O)o1. The van der Waals surface area contributed by atoms with Gasteiger partial charge in [-0.05, 0) is 12.1 Å². The molecule has 0 aliphatic rings. The minimum absolute atomic E-state index is 0.0155. The fourth-order valence-corrected chi connectivity index (χ4v) is 2.04. The van der Waals surface area contributed by atoms with Gasteiger partial charge >= 0.3 is 5.97 Å². The smallest absolute Gasteiger partial charge is 0.329 e. The van der Waals surface area contributed by atoms with E-state index in [0.717, 1.165) is 4.31 Å². The second-order valence-electron chi connectivity index (χ2n) is 4.11. The Balaban J connectivity index is 2.53. The number of hydrogen-bond donors (Lipinski definition) is 2. The maximum Gasteiger partial charge on any atom is 0.329 e. The topological polar surface area (TPSA) is 126 Å². The van der Waals surface area contributed by atoms with E-state index in [1.807, 2.05) is 0 Å². The number of carboxylic acid groups (broad SMARTS) is 1. The molecule has 0 aromatic carbocycles. The molecular formula is C11H16N2O7S. The first-order valence-corrected chi connectivity index (χ1v) is 7.29. The van der Waals surface area contributed by atoms with Gasteiger partial charge in [0.25, 0.3) is 15.9 Å². The highest BCUT2D eigenvalue weighted by molar-refractivity contribution is 7.88. The van der Waals surface area contributed by atoms with Crippen molar-refractivity contribution >= 4 is 21.9 Å². The Kier molecular flexibility index (Phi) is 5.88. The first kappa shape index (κ1) is 17.1. The van der Waals surface area contributed by atoms with Crippen LogP contribution in [0.15, 0.2) is 21.6 Å². The molecule has 118 valence electrons. The van der Waals surface area contributed by atoms with Gasteiger partial charge in [0.1, 0.15) is 6.61 Å². The van der Waals surface area contributed by atoms with Crippen molar-refractivity contribution < 1.29 is 32.3 Å². The van der Waals surface area contributed by atoms with Gasteiger partial charge in [-0.1, -0.05) is 0 Å². The highest BCUT2D eigenvalue weighted by Gasteiger charge is 2.23. The number of sulfonamides is 1. The Labute approximate surface area is 121 Å². The molecule has 0 aliphatic heterocycles. The predicted octanol–water partition coefficient (Wildman–Crippen LogP) is -0.639. The molecule has 9 nitrogen and oxygen atoms in total. The molecule has 10 heteroatoms. The van der Waals surface area contributed by atoms with Gasteiger partial charge in [-0.3, -0.25) is 4.79 Å². The van der Waals surface area contributed by atoms with Crippen LogP contribution in [0.4, 0.5) is 0 Å². The largest absolute Gasteiger partial charge is 0.480 e. The van der Waals surface area contributed by atoms with Crippen LogP contribution in [0.3, 0.4) is 0 Å². The van der Waals surface area contributed by atoms with Gasteiger partial charge in [0.15, 0.2) is 5.76 Å². The van der Waals surface area contributed by atoms with Crippen molar-refractivity contribution in [3.05, 3.63) is 17.9 Å². The summed E-state index contributed by atoms with van der Waals surface area (Å²) in [4.78, 5) is 21.8. The van der Waals surface area contributed by atoms with Crippen molar-refractivity contribution in [3.63, 3.8) is 0 Å². The molecule has 1 rings (SSSR count). The van der Waals surface area contributed by atoms with Gasteiger partial charge < -0.3 is 19.6 Å². The maximum absolute atomic E-state index is 11.8. The van der Waals surface area contributed by atoms with E-state index in [1.165, 1.54) is 26.2 Å². The molecule has 1 aromatic rings. The minimum atomic E-state index is -3.73. The molecular weight excluding hydrogens is 304 g/mol. The van der Waals surface area contributed by atoms with Crippen LogP contribution in [-0.4, -0.2) is 63.6 Å². The molecule has 1 heterocycles. The molecule has 0 unspecified atom stereocenters. The molecule has 0 saturated carbocycles. The number of furan rings is 1. The Morgan fingerprint density at radius 1 is 1.38 bits per heavy atom. The van der Waals surface area contributed by atoms with Crippen LogP contribution in [0.25, 0.3) is 0 Å². The van der Waals surface area contributed by atoms with Crippen molar-refractivity contribution in [3.8, 4) is 0 Å². The van der Waals surface area contributed by atoms with Crippen molar-refractivity contribution in [2.45, 2.75) is 5.09 Å². The summed E-state index contributed by atoms with van der Waals surface area (Å²) in [5.74, 6) is -1.88. The number of carbonyl (C=O) groups is 2. The lowest BCUT2D eigenvalue weighted by atomic mass is 10.4. The lowest BCUT2D eigenvalue weighted by molar-refractivity contribution is -0.142. The quantitative estimate of drug-likeness (QED) is 0.610. The molecule has 0 radical (unpaired) electrons. The van der Waals surface area contributed by atoms with E-state index in [1.54, 1.807) is 0 Å². The lowest BCUT2D eigenvalue weighted by Crippen LogP contribution is -2.27. The first-order chi connectivity index (χ1) is 9.75. The van der Waals surface area contributed by atoms with Gasteiger partial charge in [0, 0.05) is 20.6 Å². The predicted molar refractivity (Wildman–Crippen MR) is 70.4 cm³/mol. The number of carboxylic acids is 1. The zero-order valence-electron chi connectivity index (χ0n) is 11.5. The fourth-order valence-electron chi connectivity index (χ4n) is 1.24. The number of nitrogens with zero attached hydrogens (tertiary/aromatic N) is 1. The Bertz CT molecular complexity index is 606. The summed E-state index contributed by atoms with van der Waals surface area (Å²) in [6, 6.07) is 2.43. The molecule has 0 saturated heterocycles. The summed E-state index contributed by atoms with van der Waals surface area (Å²) >= 11 is 0. The van der Waals surface area contributed by atoms with E-state index >= 15 is 0 Å². The van der Waals surface area contributed by atoms with E-state index in [0.29, 0.717) is 0 Å². The van der Waals surface area contributed by atoms with E-state index in [-0.39, 0.29) is 24.0 Å². The zero-order valence-corrected chi connectivity index (χ0v) is 12.3. The molecule has 1 amide bonds. The van der Waals surface area contributed by atoms with Gasteiger partial charge in [-0.25, -0.2) is 17.5 Å². The Morgan fingerprint density at radius 2 is 2.05 bits per heavy atom. The average molecular weight is 320 g/mol. The molecule has 0 atom stereocenters. The third-order valence-corrected chi connectivity index (χ3v) is 3.99. The molecule has 2 N–H and O–H groups in total. The second kappa shape index (κ2) is 7.20. The van der Waals surface area contributed by atoms with Crippen LogP contribution in [0.5, 0.6) is 0 Å². The summed E-state index contributed by atoms with van der Waals surface area (Å²) in [7, 11) is -1.04. The monoisotopic (exact) mass is 320 g/mol. The fraction of sp³-hybridized carbons (Fsp3) is 0.455. The number of aliphatic carboxylic acids is 1. The maximum atomic E-state index is 11.8. The number of hydrogen-bond acceptors (Lipinski definition) is 6. The standard InChI is InChI=1S/C11H16N2O7S/c1-13(2)21(17,18)10-4-3-8(20-10)11(16)12-5-6-19-7-9(14)15/h3-4H,5-7H2,1-2H3,(H,12,16)(H,14,15). The van der Waals surface area contributed by atoms with Crippen molar-refractivity contribution in [1.82, 2.24) is 9.62 Å². The normalized spacial score (nSPS) is 11.6. The van der Waals surface area contributed by atoms with Crippen LogP contribution >= 0.6 is 0 Å². The van der Waals surface area contributed by atoms with E-state index in [2.05, 4.69) is 5.32 Å². The molecule has 1 aromatic heterocycles. The highest BCUT2D eigenvalue weighted by Crippen LogP contribution is 2.16. The summed E-state index contributed by atoms with van der Waals surface area (Å²) < 4.78 is 34.2. The van der Waals surface area contributed by atoms with Crippen molar-refractivity contribution in [1.29, 1.82) is 0 Å². The molecule has 0 fully saturated rings. The van der Waals surface area contributed by atoms with Crippen molar-refractivity contribution in [2.75, 3.05) is 33.9 Å². The van der Waals surface area contributed by atoms with Gasteiger partial charge in [0.05, 0.1) is 6.61 Å². The van der Waals surface area contributed by atoms with Crippen LogP contribution < -0.4 is 5.32 Å². The Hall–Kier alpha value is -1.91. The molecule has 0 bridgehead atoms. The van der Waals surface area contributed by atoms with Crippen LogP contribution in [0, 0.1) is 0 Å². The van der Waals surface area contributed by atoms with E-state index in [4.69, 9.17) is 14.3 Å². The number of amides is 1. The zero-order chi connectivity index (χ0) is 16.0. The first-order valence-electron chi connectivity index (χ1n) is 5.85. The van der Waals surface area contributed by atoms with Crippen LogP contribution in [-0.2, 0) is 19.6 Å². The number of carbonyl (C=O) groups excluding carboxylic acids is 1. The average Bonchev–Trinajstić information content (AvgIpc) is 2.87. The summed E-state index contributed by atoms with van der Waals surface area (Å²) in [5, 5.41) is 10.4. The van der Waals surface area contributed by atoms with Crippen LogP contribution in [0.1, 0.15) is 10.6 Å². The number of nitrogens with one attached hydrogen (secondary N) is 1. The number of ether oxygens (including phenoxy) is 1. The Morgan fingerprint density at radius 3 is 2.62 bits per heavy atom.